The fourth-order valence-electron chi connectivity index (χ4n) is 4.56. The summed E-state index contributed by atoms with van der Waals surface area (Å²) in [6.45, 7) is 2.63. The van der Waals surface area contributed by atoms with Gasteiger partial charge in [-0.1, -0.05) is 50.5 Å². The number of halogens is 7. The van der Waals surface area contributed by atoms with Crippen molar-refractivity contribution in [2.24, 2.45) is 0 Å². The summed E-state index contributed by atoms with van der Waals surface area (Å²) in [5.74, 6) is -3.99. The highest BCUT2D eigenvalue weighted by molar-refractivity contribution is 5.88. The monoisotopic (exact) mass is 548 g/mol. The van der Waals surface area contributed by atoms with Gasteiger partial charge in [0.1, 0.15) is 34.6 Å². The van der Waals surface area contributed by atoms with Gasteiger partial charge in [-0.2, -0.15) is 13.2 Å². The van der Waals surface area contributed by atoms with Gasteiger partial charge in [0.05, 0.1) is 6.61 Å². The zero-order chi connectivity index (χ0) is 28.2. The van der Waals surface area contributed by atoms with Crippen LogP contribution in [-0.2, 0) is 19.0 Å². The molecule has 0 aromatic heterocycles. The van der Waals surface area contributed by atoms with Crippen LogP contribution in [0, 0.1) is 23.3 Å². The Bertz CT molecular complexity index is 1440. The summed E-state index contributed by atoms with van der Waals surface area (Å²) in [6.07, 6.45) is -1.01. The minimum Gasteiger partial charge on any atom is -0.493 e. The highest BCUT2D eigenvalue weighted by Crippen LogP contribution is 2.35. The first-order valence-electron chi connectivity index (χ1n) is 12.8. The highest BCUT2D eigenvalue weighted by Gasteiger charge is 2.37. The molecule has 0 radical (unpaired) electrons. The lowest BCUT2D eigenvalue weighted by molar-refractivity contribution is -0.142. The number of hydrogen-bond donors (Lipinski definition) is 0. The van der Waals surface area contributed by atoms with Gasteiger partial charge in [0.2, 0.25) is 0 Å². The summed E-state index contributed by atoms with van der Waals surface area (Å²) in [4.78, 5) is 0. The third-order valence-corrected chi connectivity index (χ3v) is 6.62. The molecule has 4 rings (SSSR count). The van der Waals surface area contributed by atoms with Crippen molar-refractivity contribution < 1.29 is 35.5 Å². The molecule has 0 unspecified atom stereocenters. The molecular weight excluding hydrogens is 521 g/mol. The van der Waals surface area contributed by atoms with Crippen molar-refractivity contribution in [3.63, 3.8) is 0 Å². The molecule has 8 heteroatoms. The van der Waals surface area contributed by atoms with E-state index in [1.807, 2.05) is 0 Å². The first-order valence-corrected chi connectivity index (χ1v) is 12.8. The molecule has 0 heterocycles. The molecule has 0 amide bonds. The van der Waals surface area contributed by atoms with Crippen molar-refractivity contribution in [3.8, 4) is 16.9 Å². The van der Waals surface area contributed by atoms with Crippen LogP contribution in [0.15, 0.2) is 60.7 Å². The molecule has 0 aliphatic carbocycles. The predicted molar refractivity (Wildman–Crippen MR) is 138 cm³/mol. The molecule has 0 atom stereocenters. The van der Waals surface area contributed by atoms with E-state index < -0.39 is 35.0 Å². The first kappa shape index (κ1) is 28.5. The molecule has 0 aliphatic rings. The van der Waals surface area contributed by atoms with Crippen LogP contribution in [-0.4, -0.2) is 6.61 Å². The molecule has 0 bridgehead atoms. The third kappa shape index (κ3) is 6.72. The summed E-state index contributed by atoms with van der Waals surface area (Å²) >= 11 is 0. The van der Waals surface area contributed by atoms with E-state index >= 15 is 4.39 Å². The van der Waals surface area contributed by atoms with Crippen LogP contribution in [0.1, 0.15) is 49.3 Å². The Morgan fingerprint density at radius 2 is 1.46 bits per heavy atom. The molecule has 0 spiro atoms. The van der Waals surface area contributed by atoms with E-state index in [-0.39, 0.29) is 29.4 Å². The summed E-state index contributed by atoms with van der Waals surface area (Å²) in [5.41, 5.74) is -0.831. The van der Waals surface area contributed by atoms with E-state index in [2.05, 4.69) is 6.92 Å². The summed E-state index contributed by atoms with van der Waals surface area (Å²) in [6, 6.07) is 13.8. The number of fused-ring (bicyclic) bond motifs is 1. The SMILES string of the molecule is CCCCCCOc1ccc(-c2ccc3c(F)c(CCc4cc(F)c(C(F)(F)F)c(F)c4)ccc3c2)c(F)c1. The Labute approximate surface area is 222 Å². The van der Waals surface area contributed by atoms with Crippen molar-refractivity contribution >= 4 is 10.8 Å². The first-order chi connectivity index (χ1) is 18.6. The molecule has 0 saturated carbocycles. The quantitative estimate of drug-likeness (QED) is 0.142. The molecule has 39 heavy (non-hydrogen) atoms. The summed E-state index contributed by atoms with van der Waals surface area (Å²) in [7, 11) is 0. The van der Waals surface area contributed by atoms with Crippen LogP contribution < -0.4 is 4.74 Å². The van der Waals surface area contributed by atoms with Gasteiger partial charge in [-0.3, -0.25) is 0 Å². The van der Waals surface area contributed by atoms with Crippen molar-refractivity contribution in [2.45, 2.75) is 51.6 Å². The van der Waals surface area contributed by atoms with Gasteiger partial charge in [0.25, 0.3) is 0 Å². The average Bonchev–Trinajstić information content (AvgIpc) is 2.87. The fraction of sp³-hybridized carbons (Fsp3) is 0.290. The topological polar surface area (TPSA) is 9.23 Å². The Morgan fingerprint density at radius 3 is 2.13 bits per heavy atom. The van der Waals surface area contributed by atoms with Gasteiger partial charge in [-0.15, -0.1) is 0 Å². The molecule has 206 valence electrons. The van der Waals surface area contributed by atoms with Gasteiger partial charge in [-0.05, 0) is 71.7 Å². The van der Waals surface area contributed by atoms with Crippen LogP contribution in [0.4, 0.5) is 30.7 Å². The molecule has 1 nitrogen and oxygen atoms in total. The van der Waals surface area contributed by atoms with Gasteiger partial charge in [-0.25, -0.2) is 17.6 Å². The fourth-order valence-corrected chi connectivity index (χ4v) is 4.56. The second kappa shape index (κ2) is 12.1. The average molecular weight is 549 g/mol. The summed E-state index contributed by atoms with van der Waals surface area (Å²) in [5, 5.41) is 0.796. The zero-order valence-electron chi connectivity index (χ0n) is 21.3. The smallest absolute Gasteiger partial charge is 0.422 e. The lowest BCUT2D eigenvalue weighted by Crippen LogP contribution is -2.12. The molecule has 0 fully saturated rings. The Kier molecular flexibility index (Phi) is 8.83. The Hall–Kier alpha value is -3.55. The number of benzene rings is 4. The second-order valence-electron chi connectivity index (χ2n) is 9.46. The molecule has 4 aromatic carbocycles. The molecule has 0 N–H and O–H groups in total. The third-order valence-electron chi connectivity index (χ3n) is 6.62. The number of alkyl halides is 3. The van der Waals surface area contributed by atoms with Crippen molar-refractivity contribution in [1.29, 1.82) is 0 Å². The van der Waals surface area contributed by atoms with E-state index in [9.17, 15) is 26.3 Å². The molecule has 0 saturated heterocycles. The number of unbranched alkanes of at least 4 members (excludes halogenated alkanes) is 3. The largest absolute Gasteiger partial charge is 0.493 e. The van der Waals surface area contributed by atoms with E-state index in [1.54, 1.807) is 30.3 Å². The van der Waals surface area contributed by atoms with Gasteiger partial charge in [0.15, 0.2) is 0 Å². The Balaban J connectivity index is 1.49. The molecule has 4 aromatic rings. The lowest BCUT2D eigenvalue weighted by atomic mass is 9.96. The van der Waals surface area contributed by atoms with Crippen molar-refractivity contribution in [1.82, 2.24) is 0 Å². The van der Waals surface area contributed by atoms with Crippen molar-refractivity contribution in [2.75, 3.05) is 6.61 Å². The van der Waals surface area contributed by atoms with Crippen LogP contribution >= 0.6 is 0 Å². The summed E-state index contributed by atoms with van der Waals surface area (Å²) < 4.78 is 102. The molecule has 0 aliphatic heterocycles. The van der Waals surface area contributed by atoms with E-state index in [1.165, 1.54) is 18.2 Å². The zero-order valence-corrected chi connectivity index (χ0v) is 21.3. The van der Waals surface area contributed by atoms with Crippen molar-refractivity contribution in [3.05, 3.63) is 101 Å². The van der Waals surface area contributed by atoms with Crippen LogP contribution in [0.25, 0.3) is 21.9 Å². The number of rotatable bonds is 10. The van der Waals surface area contributed by atoms with E-state index in [0.29, 0.717) is 41.0 Å². The number of hydrogen-bond acceptors (Lipinski definition) is 1. The van der Waals surface area contributed by atoms with Gasteiger partial charge >= 0.3 is 6.18 Å². The van der Waals surface area contributed by atoms with Crippen LogP contribution in [0.2, 0.25) is 0 Å². The maximum absolute atomic E-state index is 15.2. The predicted octanol–water partition coefficient (Wildman–Crippen LogP) is 9.83. The minimum absolute atomic E-state index is 0.0162. The maximum atomic E-state index is 15.2. The second-order valence-corrected chi connectivity index (χ2v) is 9.46. The van der Waals surface area contributed by atoms with Gasteiger partial charge < -0.3 is 4.74 Å². The van der Waals surface area contributed by atoms with Crippen LogP contribution in [0.3, 0.4) is 0 Å². The van der Waals surface area contributed by atoms with E-state index in [4.69, 9.17) is 4.74 Å². The maximum Gasteiger partial charge on any atom is 0.422 e. The highest BCUT2D eigenvalue weighted by atomic mass is 19.4. The Morgan fingerprint density at radius 1 is 0.718 bits per heavy atom. The lowest BCUT2D eigenvalue weighted by Gasteiger charge is -2.12. The van der Waals surface area contributed by atoms with Gasteiger partial charge in [0, 0.05) is 17.0 Å². The number of ether oxygens (including phenoxy) is 1. The van der Waals surface area contributed by atoms with E-state index in [0.717, 1.165) is 25.7 Å². The minimum atomic E-state index is -5.15. The number of aryl methyl sites for hydroxylation is 2. The normalized spacial score (nSPS) is 11.8. The molecular formula is C31H27F7O. The standard InChI is InChI=1S/C31H27F7O/c1-2-3-4-5-14-39-23-11-13-24(26(32)18-23)21-10-12-25-22(17-21)9-8-20(30(25)35)7-6-19-15-27(33)29(28(34)16-19)31(36,37)38/h8-13,15-18H,2-7,14H2,1H3. The van der Waals surface area contributed by atoms with Crippen LogP contribution in [0.5, 0.6) is 5.75 Å².